The van der Waals surface area contributed by atoms with Crippen LogP contribution in [0.4, 0.5) is 0 Å². The van der Waals surface area contributed by atoms with Gasteiger partial charge in [0.25, 0.3) is 0 Å². The second kappa shape index (κ2) is 5.41. The lowest BCUT2D eigenvalue weighted by Gasteiger charge is -2.10. The van der Waals surface area contributed by atoms with Gasteiger partial charge in [-0.05, 0) is 18.2 Å². The lowest BCUT2D eigenvalue weighted by atomic mass is 10.3. The molecule has 1 atom stereocenters. The van der Waals surface area contributed by atoms with Crippen molar-refractivity contribution in [1.82, 2.24) is 0 Å². The van der Waals surface area contributed by atoms with Crippen LogP contribution >= 0.6 is 23.2 Å². The molecule has 3 nitrogen and oxygen atoms in total. The van der Waals surface area contributed by atoms with Crippen LogP contribution in [-0.4, -0.2) is 24.4 Å². The van der Waals surface area contributed by atoms with Crippen LogP contribution in [0.25, 0.3) is 0 Å². The van der Waals surface area contributed by atoms with E-state index in [4.69, 9.17) is 27.9 Å². The topological polar surface area (TPSA) is 57.1 Å². The van der Waals surface area contributed by atoms with Crippen molar-refractivity contribution in [2.75, 3.05) is 13.2 Å². The molecule has 0 fully saturated rings. The molecule has 1 rings (SSSR count). The quantitative estimate of drug-likeness (QED) is 0.819. The number of hydrogen-bond acceptors (Lipinski definition) is 2. The Kier molecular flexibility index (Phi) is 4.48. The van der Waals surface area contributed by atoms with Gasteiger partial charge in [-0.15, -0.1) is 0 Å². The van der Waals surface area contributed by atoms with E-state index in [1.165, 1.54) is 0 Å². The van der Waals surface area contributed by atoms with Crippen molar-refractivity contribution in [2.45, 2.75) is 6.10 Å². The zero-order valence-electron chi connectivity index (χ0n) is 7.54. The number of benzene rings is 1. The Morgan fingerprint density at radius 2 is 2.14 bits per heavy atom. The minimum atomic E-state index is -0.568. The molecule has 0 saturated heterocycles. The monoisotopic (exact) mass is 236 g/mol. The number of aliphatic hydroxyl groups is 1. The molecule has 0 aromatic heterocycles. The maximum atomic E-state index is 9.21. The van der Waals surface area contributed by atoms with Gasteiger partial charge in [-0.1, -0.05) is 23.2 Å². The van der Waals surface area contributed by atoms with Gasteiger partial charge in [0, 0.05) is 5.02 Å². The van der Waals surface area contributed by atoms with Crippen molar-refractivity contribution in [3.8, 4) is 5.75 Å². The van der Waals surface area contributed by atoms with Crippen LogP contribution in [0.2, 0.25) is 10.0 Å². The number of ether oxygens (including phenoxy) is 1. The maximum absolute atomic E-state index is 9.21. The average molecular weight is 237 g/mol. The smallest absolute Gasteiger partial charge is 0.138 e. The van der Waals surface area contributed by atoms with Crippen molar-refractivity contribution >= 4 is 23.2 Å². The molecule has 0 radical (unpaired) electrons. The Bertz CT molecular complexity index is 307. The van der Waals surface area contributed by atoms with E-state index in [0.29, 0.717) is 22.3 Å². The van der Waals surface area contributed by atoms with E-state index >= 15 is 0 Å². The van der Waals surface area contributed by atoms with Gasteiger partial charge in [0.05, 0.1) is 5.02 Å². The number of rotatable bonds is 4. The van der Waals surface area contributed by atoms with E-state index in [9.17, 15) is 5.11 Å². The van der Waals surface area contributed by atoms with Crippen LogP contribution < -0.4 is 10.5 Å². The first-order valence-corrected chi connectivity index (χ1v) is 4.94. The third-order valence-corrected chi connectivity index (χ3v) is 2.19. The predicted molar refractivity (Wildman–Crippen MR) is 55.7 cm³/mol. The summed E-state index contributed by atoms with van der Waals surface area (Å²) in [5, 5.41) is 10.2. The molecule has 4 N–H and O–H groups in total. The van der Waals surface area contributed by atoms with Crippen molar-refractivity contribution < 1.29 is 15.6 Å². The average Bonchev–Trinajstić information content (AvgIpc) is 2.16. The van der Waals surface area contributed by atoms with Gasteiger partial charge in [0.15, 0.2) is 0 Å². The fourth-order valence-corrected chi connectivity index (χ4v) is 1.32. The van der Waals surface area contributed by atoms with E-state index in [-0.39, 0.29) is 6.61 Å². The van der Waals surface area contributed by atoms with E-state index in [0.717, 1.165) is 0 Å². The molecule has 5 heteroatoms. The van der Waals surface area contributed by atoms with Crippen molar-refractivity contribution in [2.24, 2.45) is 0 Å². The maximum Gasteiger partial charge on any atom is 0.138 e. The van der Waals surface area contributed by atoms with E-state index in [2.05, 4.69) is 5.73 Å². The summed E-state index contributed by atoms with van der Waals surface area (Å²) in [6.07, 6.45) is -0.568. The minimum absolute atomic E-state index is 0.185. The van der Waals surface area contributed by atoms with Crippen molar-refractivity contribution in [1.29, 1.82) is 0 Å². The van der Waals surface area contributed by atoms with E-state index in [1.54, 1.807) is 18.2 Å². The number of aliphatic hydroxyl groups excluding tert-OH is 1. The lowest BCUT2D eigenvalue weighted by Crippen LogP contribution is -2.56. The van der Waals surface area contributed by atoms with Crippen LogP contribution in [0.3, 0.4) is 0 Å². The first-order chi connectivity index (χ1) is 6.63. The highest BCUT2D eigenvalue weighted by molar-refractivity contribution is 6.35. The third-order valence-electron chi connectivity index (χ3n) is 1.66. The van der Waals surface area contributed by atoms with E-state index < -0.39 is 6.10 Å². The summed E-state index contributed by atoms with van der Waals surface area (Å²) in [7, 11) is 0. The summed E-state index contributed by atoms with van der Waals surface area (Å²) < 4.78 is 5.26. The van der Waals surface area contributed by atoms with Crippen LogP contribution in [-0.2, 0) is 0 Å². The summed E-state index contributed by atoms with van der Waals surface area (Å²) in [5.41, 5.74) is 3.55. The molecule has 0 bridgehead atoms. The highest BCUT2D eigenvalue weighted by atomic mass is 35.5. The highest BCUT2D eigenvalue weighted by Gasteiger charge is 2.07. The lowest BCUT2D eigenvalue weighted by molar-refractivity contribution is -0.384. The molecule has 1 aromatic carbocycles. The van der Waals surface area contributed by atoms with Gasteiger partial charge in [0.1, 0.15) is 25.0 Å². The van der Waals surface area contributed by atoms with Gasteiger partial charge in [-0.3, -0.25) is 0 Å². The second-order valence-corrected chi connectivity index (χ2v) is 3.67. The van der Waals surface area contributed by atoms with Crippen molar-refractivity contribution in [3.05, 3.63) is 28.2 Å². The van der Waals surface area contributed by atoms with Crippen LogP contribution in [0, 0.1) is 0 Å². The minimum Gasteiger partial charge on any atom is -0.489 e. The zero-order valence-corrected chi connectivity index (χ0v) is 9.05. The Hall–Kier alpha value is -0.480. The summed E-state index contributed by atoms with van der Waals surface area (Å²) in [6.45, 7) is 0.593. The van der Waals surface area contributed by atoms with Crippen LogP contribution in [0.15, 0.2) is 18.2 Å². The highest BCUT2D eigenvalue weighted by Crippen LogP contribution is 2.27. The molecule has 0 aliphatic heterocycles. The number of hydrogen-bond donors (Lipinski definition) is 2. The summed E-state index contributed by atoms with van der Waals surface area (Å²) in [6, 6.07) is 4.94. The summed E-state index contributed by atoms with van der Waals surface area (Å²) >= 11 is 11.6. The SMILES string of the molecule is [NH3+]C[C@@H](O)COc1ccc(Cl)cc1Cl. The molecule has 78 valence electrons. The molecular weight excluding hydrogens is 225 g/mol. The van der Waals surface area contributed by atoms with Crippen LogP contribution in [0.5, 0.6) is 5.75 Å². The first kappa shape index (κ1) is 11.6. The van der Waals surface area contributed by atoms with Gasteiger partial charge >= 0.3 is 0 Å². The Morgan fingerprint density at radius 3 is 2.71 bits per heavy atom. The third kappa shape index (κ3) is 3.35. The molecule has 0 saturated carbocycles. The van der Waals surface area contributed by atoms with Gasteiger partial charge < -0.3 is 15.6 Å². The van der Waals surface area contributed by atoms with Gasteiger partial charge in [-0.2, -0.15) is 0 Å². The molecular formula is C9H12Cl2NO2+. The fourth-order valence-electron chi connectivity index (χ4n) is 0.862. The molecule has 0 amide bonds. The van der Waals surface area contributed by atoms with Crippen molar-refractivity contribution in [3.63, 3.8) is 0 Å². The predicted octanol–water partition coefficient (Wildman–Crippen LogP) is 0.975. The Labute approximate surface area is 92.4 Å². The molecule has 0 heterocycles. The second-order valence-electron chi connectivity index (χ2n) is 2.83. The standard InChI is InChI=1S/C9H11Cl2NO2/c10-6-1-2-9(8(11)3-6)14-5-7(13)4-12/h1-3,7,13H,4-5,12H2/p+1/t7-/m1/s1. The Balaban J connectivity index is 2.59. The summed E-state index contributed by atoms with van der Waals surface area (Å²) in [4.78, 5) is 0. The molecule has 0 aliphatic carbocycles. The zero-order chi connectivity index (χ0) is 10.6. The van der Waals surface area contributed by atoms with Gasteiger partial charge in [0.2, 0.25) is 0 Å². The first-order valence-electron chi connectivity index (χ1n) is 4.18. The molecule has 0 spiro atoms. The van der Waals surface area contributed by atoms with Gasteiger partial charge in [-0.25, -0.2) is 0 Å². The Morgan fingerprint density at radius 1 is 1.43 bits per heavy atom. The van der Waals surface area contributed by atoms with Crippen LogP contribution in [0.1, 0.15) is 0 Å². The molecule has 0 aliphatic rings. The largest absolute Gasteiger partial charge is 0.489 e. The number of halogens is 2. The fraction of sp³-hybridized carbons (Fsp3) is 0.333. The molecule has 14 heavy (non-hydrogen) atoms. The number of quaternary nitrogens is 1. The van der Waals surface area contributed by atoms with E-state index in [1.807, 2.05) is 0 Å². The normalized spacial score (nSPS) is 12.6. The summed E-state index contributed by atoms with van der Waals surface area (Å²) in [5.74, 6) is 0.517. The molecule has 1 aromatic rings. The molecule has 0 unspecified atom stereocenters.